The first-order chi connectivity index (χ1) is 9.45. The molecule has 0 bridgehead atoms. The van der Waals surface area contributed by atoms with E-state index in [0.717, 1.165) is 5.56 Å². The molecule has 8 nitrogen and oxygen atoms in total. The van der Waals surface area contributed by atoms with Crippen LogP contribution in [0.1, 0.15) is 5.56 Å². The lowest BCUT2D eigenvalue weighted by Gasteiger charge is -2.04. The molecule has 104 valence electrons. The topological polar surface area (TPSA) is 147 Å². The van der Waals surface area contributed by atoms with Gasteiger partial charge in [0.05, 0.1) is 4.92 Å². The largest absolute Gasteiger partial charge is 0.393 e. The Morgan fingerprint density at radius 2 is 1.80 bits per heavy atom. The number of nitrogens with zero attached hydrogens (tertiary/aromatic N) is 3. The second-order valence-corrected chi connectivity index (χ2v) is 4.88. The van der Waals surface area contributed by atoms with E-state index in [2.05, 4.69) is 9.97 Å². The van der Waals surface area contributed by atoms with Gasteiger partial charge < -0.3 is 17.2 Å². The highest BCUT2D eigenvalue weighted by molar-refractivity contribution is 7.98. The van der Waals surface area contributed by atoms with Crippen LogP contribution in [0.5, 0.6) is 0 Å². The predicted molar refractivity (Wildman–Crippen MR) is 77.9 cm³/mol. The summed E-state index contributed by atoms with van der Waals surface area (Å²) >= 11 is 1.32. The second kappa shape index (κ2) is 5.61. The Balaban J connectivity index is 2.11. The molecule has 1 aromatic heterocycles. The SMILES string of the molecule is Nc1cc(N)nc(SCc2ccc([N+](=O)[O-])c(N)c2)n1. The number of nitro benzene ring substituents is 1. The summed E-state index contributed by atoms with van der Waals surface area (Å²) in [6, 6.07) is 6.03. The molecule has 0 aliphatic heterocycles. The molecule has 20 heavy (non-hydrogen) atoms. The zero-order chi connectivity index (χ0) is 14.7. The molecule has 2 rings (SSSR count). The first-order valence-electron chi connectivity index (χ1n) is 5.51. The van der Waals surface area contributed by atoms with Gasteiger partial charge in [-0.15, -0.1) is 0 Å². The lowest BCUT2D eigenvalue weighted by atomic mass is 10.2. The summed E-state index contributed by atoms with van der Waals surface area (Å²) in [5.74, 6) is 1.09. The van der Waals surface area contributed by atoms with Gasteiger partial charge in [-0.3, -0.25) is 10.1 Å². The number of rotatable bonds is 4. The number of thioether (sulfide) groups is 1. The summed E-state index contributed by atoms with van der Waals surface area (Å²) in [5.41, 5.74) is 17.6. The molecule has 0 aliphatic carbocycles. The number of hydrogen-bond acceptors (Lipinski definition) is 8. The minimum absolute atomic E-state index is 0.108. The van der Waals surface area contributed by atoms with Crippen molar-refractivity contribution in [2.45, 2.75) is 10.9 Å². The summed E-state index contributed by atoms with van der Waals surface area (Å²) in [5, 5.41) is 11.1. The second-order valence-electron chi connectivity index (χ2n) is 3.94. The molecule has 0 unspecified atom stereocenters. The predicted octanol–water partition coefficient (Wildman–Crippen LogP) is 1.42. The van der Waals surface area contributed by atoms with Crippen molar-refractivity contribution in [3.8, 4) is 0 Å². The van der Waals surface area contributed by atoms with Crippen LogP contribution < -0.4 is 17.2 Å². The maximum atomic E-state index is 10.7. The van der Waals surface area contributed by atoms with Crippen LogP contribution in [0.25, 0.3) is 0 Å². The van der Waals surface area contributed by atoms with Crippen molar-refractivity contribution >= 4 is 34.8 Å². The van der Waals surface area contributed by atoms with Gasteiger partial charge in [0.25, 0.3) is 5.69 Å². The Labute approximate surface area is 118 Å². The summed E-state index contributed by atoms with van der Waals surface area (Å²) in [6.45, 7) is 0. The Morgan fingerprint density at radius 3 is 2.35 bits per heavy atom. The van der Waals surface area contributed by atoms with E-state index in [4.69, 9.17) is 17.2 Å². The van der Waals surface area contributed by atoms with Crippen molar-refractivity contribution < 1.29 is 4.92 Å². The number of nitrogens with two attached hydrogens (primary N) is 3. The molecule has 0 fully saturated rings. The van der Waals surface area contributed by atoms with Gasteiger partial charge in [-0.25, -0.2) is 9.97 Å². The van der Waals surface area contributed by atoms with Crippen LogP contribution in [0.15, 0.2) is 29.4 Å². The molecule has 1 heterocycles. The van der Waals surface area contributed by atoms with Crippen LogP contribution in [0.4, 0.5) is 23.0 Å². The summed E-state index contributed by atoms with van der Waals surface area (Å²) in [7, 11) is 0. The van der Waals surface area contributed by atoms with Gasteiger partial charge in [-0.2, -0.15) is 0 Å². The van der Waals surface area contributed by atoms with Gasteiger partial charge in [0.15, 0.2) is 5.16 Å². The summed E-state index contributed by atoms with van der Waals surface area (Å²) in [6.07, 6.45) is 0. The van der Waals surface area contributed by atoms with Crippen molar-refractivity contribution in [3.05, 3.63) is 39.9 Å². The van der Waals surface area contributed by atoms with Gasteiger partial charge in [0.2, 0.25) is 0 Å². The third kappa shape index (κ3) is 3.26. The maximum Gasteiger partial charge on any atom is 0.292 e. The van der Waals surface area contributed by atoms with E-state index in [0.29, 0.717) is 22.5 Å². The van der Waals surface area contributed by atoms with E-state index < -0.39 is 4.92 Å². The van der Waals surface area contributed by atoms with Gasteiger partial charge in [-0.1, -0.05) is 17.8 Å². The zero-order valence-corrected chi connectivity index (χ0v) is 11.1. The number of anilines is 3. The van der Waals surface area contributed by atoms with Crippen LogP contribution in [-0.4, -0.2) is 14.9 Å². The van der Waals surface area contributed by atoms with Crippen molar-refractivity contribution in [2.24, 2.45) is 0 Å². The highest BCUT2D eigenvalue weighted by atomic mass is 32.2. The van der Waals surface area contributed by atoms with Crippen LogP contribution in [-0.2, 0) is 5.75 Å². The average Bonchev–Trinajstić information content (AvgIpc) is 2.35. The number of nitro groups is 1. The fourth-order valence-corrected chi connectivity index (χ4v) is 2.35. The minimum atomic E-state index is -0.520. The molecule has 0 amide bonds. The maximum absolute atomic E-state index is 10.7. The summed E-state index contributed by atoms with van der Waals surface area (Å²) in [4.78, 5) is 18.2. The fourth-order valence-electron chi connectivity index (χ4n) is 1.53. The van der Waals surface area contributed by atoms with E-state index in [1.165, 1.54) is 23.9 Å². The molecule has 0 saturated carbocycles. The molecule has 0 radical (unpaired) electrons. The lowest BCUT2D eigenvalue weighted by molar-refractivity contribution is -0.383. The molecule has 0 saturated heterocycles. The molecule has 9 heteroatoms. The minimum Gasteiger partial charge on any atom is -0.393 e. The summed E-state index contributed by atoms with van der Waals surface area (Å²) < 4.78 is 0. The number of hydrogen-bond donors (Lipinski definition) is 3. The quantitative estimate of drug-likeness (QED) is 0.252. The van der Waals surface area contributed by atoms with Crippen LogP contribution in [0.2, 0.25) is 0 Å². The number of benzene rings is 1. The molecule has 0 atom stereocenters. The van der Waals surface area contributed by atoms with Crippen molar-refractivity contribution in [2.75, 3.05) is 17.2 Å². The monoisotopic (exact) mass is 292 g/mol. The van der Waals surface area contributed by atoms with Gasteiger partial charge >= 0.3 is 0 Å². The van der Waals surface area contributed by atoms with Crippen LogP contribution in [0, 0.1) is 10.1 Å². The highest BCUT2D eigenvalue weighted by Crippen LogP contribution is 2.26. The van der Waals surface area contributed by atoms with E-state index >= 15 is 0 Å². The first kappa shape index (κ1) is 13.9. The van der Waals surface area contributed by atoms with Crippen LogP contribution in [0.3, 0.4) is 0 Å². The van der Waals surface area contributed by atoms with Crippen molar-refractivity contribution in [3.63, 3.8) is 0 Å². The molecule has 0 spiro atoms. The van der Waals surface area contributed by atoms with Crippen LogP contribution >= 0.6 is 11.8 Å². The Hall–Kier alpha value is -2.55. The van der Waals surface area contributed by atoms with Gasteiger partial charge in [0.1, 0.15) is 17.3 Å². The molecule has 2 aromatic rings. The smallest absolute Gasteiger partial charge is 0.292 e. The Kier molecular flexibility index (Phi) is 3.89. The fraction of sp³-hybridized carbons (Fsp3) is 0.0909. The van der Waals surface area contributed by atoms with E-state index in [1.54, 1.807) is 12.1 Å². The van der Waals surface area contributed by atoms with Gasteiger partial charge in [-0.05, 0) is 11.6 Å². The molecule has 1 aromatic carbocycles. The molecular weight excluding hydrogens is 280 g/mol. The average molecular weight is 292 g/mol. The molecular formula is C11H12N6O2S. The zero-order valence-electron chi connectivity index (χ0n) is 10.3. The molecule has 6 N–H and O–H groups in total. The van der Waals surface area contributed by atoms with E-state index in [9.17, 15) is 10.1 Å². The van der Waals surface area contributed by atoms with E-state index in [-0.39, 0.29) is 11.4 Å². The highest BCUT2D eigenvalue weighted by Gasteiger charge is 2.11. The Morgan fingerprint density at radius 1 is 1.15 bits per heavy atom. The van der Waals surface area contributed by atoms with Gasteiger partial charge in [0, 0.05) is 17.9 Å². The van der Waals surface area contributed by atoms with E-state index in [1.807, 2.05) is 0 Å². The number of aromatic nitrogens is 2. The lowest BCUT2D eigenvalue weighted by Crippen LogP contribution is -1.99. The standard InChI is InChI=1S/C11H12N6O2S/c12-7-3-6(1-2-8(7)17(18)19)5-20-11-15-9(13)4-10(14)16-11/h1-4H,5,12H2,(H4,13,14,15,16). The van der Waals surface area contributed by atoms with Crippen molar-refractivity contribution in [1.29, 1.82) is 0 Å². The Bertz CT molecular complexity index is 643. The third-order valence-electron chi connectivity index (χ3n) is 2.40. The third-order valence-corrected chi connectivity index (χ3v) is 3.32. The molecule has 0 aliphatic rings. The first-order valence-corrected chi connectivity index (χ1v) is 6.50. The van der Waals surface area contributed by atoms with Crippen molar-refractivity contribution in [1.82, 2.24) is 9.97 Å². The normalized spacial score (nSPS) is 10.4. The number of nitrogen functional groups attached to an aromatic ring is 3.